The first-order valence-corrected chi connectivity index (χ1v) is 6.11. The lowest BCUT2D eigenvalue weighted by molar-refractivity contribution is 0.312. The average molecular weight is 303 g/mol. The van der Waals surface area contributed by atoms with Crippen molar-refractivity contribution in [2.75, 3.05) is 11.9 Å². The van der Waals surface area contributed by atoms with E-state index in [0.717, 1.165) is 0 Å². The zero-order chi connectivity index (χ0) is 13.8. The number of rotatable bonds is 4. The topological polar surface area (TPSA) is 59.9 Å². The average Bonchev–Trinajstić information content (AvgIpc) is 2.35. The zero-order valence-corrected chi connectivity index (χ0v) is 11.3. The first-order valence-electron chi connectivity index (χ1n) is 5.35. The zero-order valence-electron chi connectivity index (χ0n) is 9.82. The van der Waals surface area contributed by atoms with Crippen LogP contribution in [0.3, 0.4) is 0 Å². The second-order valence-corrected chi connectivity index (χ2v) is 4.12. The van der Waals surface area contributed by atoms with E-state index in [0.29, 0.717) is 6.61 Å². The summed E-state index contributed by atoms with van der Waals surface area (Å²) in [7, 11) is 0. The normalized spacial score (nSPS) is 10.3. The summed E-state index contributed by atoms with van der Waals surface area (Å²) in [6.07, 6.45) is 0. The van der Waals surface area contributed by atoms with Crippen LogP contribution in [-0.2, 0) is 0 Å². The highest BCUT2D eigenvalue weighted by Crippen LogP contribution is 2.24. The van der Waals surface area contributed by atoms with Crippen molar-refractivity contribution in [3.05, 3.63) is 34.3 Å². The third-order valence-corrected chi connectivity index (χ3v) is 2.52. The van der Waals surface area contributed by atoms with Crippen molar-refractivity contribution in [1.29, 1.82) is 0 Å². The van der Waals surface area contributed by atoms with Crippen LogP contribution in [0, 0.1) is 5.82 Å². The van der Waals surface area contributed by atoms with Gasteiger partial charge in [-0.25, -0.2) is 4.39 Å². The molecule has 0 radical (unpaired) electrons. The molecule has 2 rings (SSSR count). The molecule has 0 fully saturated rings. The summed E-state index contributed by atoms with van der Waals surface area (Å²) in [5.41, 5.74) is 0.136. The maximum Gasteiger partial charge on any atom is 0.322 e. The molecule has 19 heavy (non-hydrogen) atoms. The number of halogens is 3. The van der Waals surface area contributed by atoms with E-state index in [1.165, 1.54) is 12.1 Å². The van der Waals surface area contributed by atoms with Crippen molar-refractivity contribution < 1.29 is 9.13 Å². The Bertz CT molecular complexity index is 597. The molecule has 100 valence electrons. The molecule has 0 amide bonds. The Hall–Kier alpha value is -1.66. The fraction of sp³-hybridized carbons (Fsp3) is 0.182. The SMILES string of the molecule is CCOc1nc(Cl)nc(Nc2cccc(Cl)c2F)n1. The Morgan fingerprint density at radius 2 is 2.05 bits per heavy atom. The largest absolute Gasteiger partial charge is 0.464 e. The molecular formula is C11H9Cl2FN4O. The molecule has 8 heteroatoms. The van der Waals surface area contributed by atoms with E-state index in [2.05, 4.69) is 20.3 Å². The van der Waals surface area contributed by atoms with Gasteiger partial charge in [0.1, 0.15) is 0 Å². The van der Waals surface area contributed by atoms with Gasteiger partial charge in [-0.05, 0) is 30.7 Å². The van der Waals surface area contributed by atoms with Crippen molar-refractivity contribution in [2.24, 2.45) is 0 Å². The summed E-state index contributed by atoms with van der Waals surface area (Å²) < 4.78 is 18.8. The molecule has 1 heterocycles. The van der Waals surface area contributed by atoms with Crippen molar-refractivity contribution in [2.45, 2.75) is 6.92 Å². The van der Waals surface area contributed by atoms with Gasteiger partial charge in [0.15, 0.2) is 5.82 Å². The molecule has 0 unspecified atom stereocenters. The Morgan fingerprint density at radius 1 is 1.26 bits per heavy atom. The van der Waals surface area contributed by atoms with E-state index >= 15 is 0 Å². The molecule has 1 aromatic carbocycles. The summed E-state index contributed by atoms with van der Waals surface area (Å²) in [4.78, 5) is 11.5. The standard InChI is InChI=1S/C11H9Cl2FN4O/c1-2-19-11-17-9(13)16-10(18-11)15-7-5-3-4-6(12)8(7)14/h3-5H,2H2,1H3,(H,15,16,17,18). The van der Waals surface area contributed by atoms with E-state index in [1.54, 1.807) is 13.0 Å². The monoisotopic (exact) mass is 302 g/mol. The van der Waals surface area contributed by atoms with Crippen LogP contribution < -0.4 is 10.1 Å². The molecule has 2 aromatic rings. The van der Waals surface area contributed by atoms with Gasteiger partial charge in [-0.3, -0.25) is 0 Å². The number of hydrogen-bond donors (Lipinski definition) is 1. The van der Waals surface area contributed by atoms with Crippen LogP contribution in [0.2, 0.25) is 10.3 Å². The molecule has 0 spiro atoms. The molecule has 0 saturated heterocycles. The fourth-order valence-electron chi connectivity index (χ4n) is 1.30. The molecule has 1 aromatic heterocycles. The number of anilines is 2. The Balaban J connectivity index is 2.30. The van der Waals surface area contributed by atoms with Crippen LogP contribution in [0.25, 0.3) is 0 Å². The van der Waals surface area contributed by atoms with E-state index in [9.17, 15) is 4.39 Å². The quantitative estimate of drug-likeness (QED) is 0.937. The van der Waals surface area contributed by atoms with Crippen LogP contribution in [-0.4, -0.2) is 21.6 Å². The second kappa shape index (κ2) is 5.99. The molecule has 0 aliphatic carbocycles. The minimum atomic E-state index is -0.598. The van der Waals surface area contributed by atoms with Gasteiger partial charge in [-0.15, -0.1) is 0 Å². The summed E-state index contributed by atoms with van der Waals surface area (Å²) in [6, 6.07) is 4.60. The van der Waals surface area contributed by atoms with Gasteiger partial charge in [0.05, 0.1) is 17.3 Å². The lowest BCUT2D eigenvalue weighted by Gasteiger charge is -2.08. The third-order valence-electron chi connectivity index (χ3n) is 2.06. The van der Waals surface area contributed by atoms with Crippen molar-refractivity contribution in [3.8, 4) is 6.01 Å². The highest BCUT2D eigenvalue weighted by atomic mass is 35.5. The number of ether oxygens (including phenoxy) is 1. The second-order valence-electron chi connectivity index (χ2n) is 3.37. The predicted octanol–water partition coefficient (Wildman–Crippen LogP) is 3.46. The number of hydrogen-bond acceptors (Lipinski definition) is 5. The van der Waals surface area contributed by atoms with Gasteiger partial charge >= 0.3 is 6.01 Å². The molecule has 0 aliphatic heterocycles. The van der Waals surface area contributed by atoms with Gasteiger partial charge in [-0.1, -0.05) is 17.7 Å². The van der Waals surface area contributed by atoms with Gasteiger partial charge in [0.2, 0.25) is 11.2 Å². The van der Waals surface area contributed by atoms with Crippen LogP contribution in [0.5, 0.6) is 6.01 Å². The van der Waals surface area contributed by atoms with Crippen LogP contribution >= 0.6 is 23.2 Å². The van der Waals surface area contributed by atoms with Crippen LogP contribution in [0.15, 0.2) is 18.2 Å². The molecule has 0 atom stereocenters. The van der Waals surface area contributed by atoms with Crippen LogP contribution in [0.1, 0.15) is 6.92 Å². The lowest BCUT2D eigenvalue weighted by atomic mass is 10.3. The molecule has 0 saturated carbocycles. The predicted molar refractivity (Wildman–Crippen MR) is 70.7 cm³/mol. The molecule has 0 bridgehead atoms. The number of nitrogens with zero attached hydrogens (tertiary/aromatic N) is 3. The van der Waals surface area contributed by atoms with Crippen molar-refractivity contribution in [1.82, 2.24) is 15.0 Å². The first-order chi connectivity index (χ1) is 9.10. The lowest BCUT2D eigenvalue weighted by Crippen LogP contribution is -2.04. The van der Waals surface area contributed by atoms with E-state index in [1.807, 2.05) is 0 Å². The minimum Gasteiger partial charge on any atom is -0.464 e. The number of aromatic nitrogens is 3. The summed E-state index contributed by atoms with van der Waals surface area (Å²) in [5.74, 6) is -0.525. The smallest absolute Gasteiger partial charge is 0.322 e. The van der Waals surface area contributed by atoms with E-state index < -0.39 is 5.82 Å². The van der Waals surface area contributed by atoms with Crippen molar-refractivity contribution >= 4 is 34.8 Å². The molecule has 1 N–H and O–H groups in total. The highest BCUT2D eigenvalue weighted by Gasteiger charge is 2.10. The van der Waals surface area contributed by atoms with Crippen LogP contribution in [0.4, 0.5) is 16.0 Å². The van der Waals surface area contributed by atoms with E-state index in [-0.39, 0.29) is 28.0 Å². The summed E-state index contributed by atoms with van der Waals surface area (Å²) >= 11 is 11.4. The van der Waals surface area contributed by atoms with Crippen molar-refractivity contribution in [3.63, 3.8) is 0 Å². The highest BCUT2D eigenvalue weighted by molar-refractivity contribution is 6.31. The van der Waals surface area contributed by atoms with Gasteiger partial charge in [-0.2, -0.15) is 15.0 Å². The molecular weight excluding hydrogens is 294 g/mol. The molecule has 0 aliphatic rings. The minimum absolute atomic E-state index is 0.00446. The van der Waals surface area contributed by atoms with Gasteiger partial charge in [0.25, 0.3) is 0 Å². The summed E-state index contributed by atoms with van der Waals surface area (Å²) in [6.45, 7) is 2.16. The number of nitrogens with one attached hydrogen (secondary N) is 1. The first kappa shape index (κ1) is 13.8. The fourth-order valence-corrected chi connectivity index (χ4v) is 1.63. The van der Waals surface area contributed by atoms with Gasteiger partial charge < -0.3 is 10.1 Å². The Kier molecular flexibility index (Phi) is 4.34. The van der Waals surface area contributed by atoms with Gasteiger partial charge in [0, 0.05) is 0 Å². The molecule has 5 nitrogen and oxygen atoms in total. The third kappa shape index (κ3) is 3.42. The maximum atomic E-state index is 13.7. The maximum absolute atomic E-state index is 13.7. The Morgan fingerprint density at radius 3 is 2.79 bits per heavy atom. The Labute approximate surface area is 118 Å². The van der Waals surface area contributed by atoms with E-state index in [4.69, 9.17) is 27.9 Å². The summed E-state index contributed by atoms with van der Waals surface area (Å²) in [5, 5.41) is 2.61. The number of benzene rings is 1.